The van der Waals surface area contributed by atoms with Crippen LogP contribution in [0, 0.1) is 17.5 Å². The summed E-state index contributed by atoms with van der Waals surface area (Å²) in [5.41, 5.74) is -0.831. The minimum Gasteiger partial charge on any atom is -0.474 e. The fraction of sp³-hybridized carbons (Fsp3) is 0.368. The molecule has 144 valence electrons. The molecular weight excluding hydrogens is 359 g/mol. The van der Waals surface area contributed by atoms with Gasteiger partial charge in [-0.25, -0.2) is 13.2 Å². The lowest BCUT2D eigenvalue weighted by Crippen LogP contribution is -2.36. The molecule has 27 heavy (non-hydrogen) atoms. The highest BCUT2D eigenvalue weighted by Gasteiger charge is 2.24. The third-order valence-corrected chi connectivity index (χ3v) is 4.53. The molecule has 1 aromatic carbocycles. The zero-order valence-electron chi connectivity index (χ0n) is 15.1. The molecule has 0 N–H and O–H groups in total. The largest absolute Gasteiger partial charge is 0.474 e. The van der Waals surface area contributed by atoms with Crippen molar-refractivity contribution in [2.45, 2.75) is 18.9 Å². The van der Waals surface area contributed by atoms with Crippen LogP contribution < -0.4 is 9.64 Å². The van der Waals surface area contributed by atoms with Crippen LogP contribution in [0.25, 0.3) is 0 Å². The maximum Gasteiger partial charge on any atom is 0.265 e. The molecular formula is C19H20F3N3O2. The molecule has 0 bridgehead atoms. The van der Waals surface area contributed by atoms with Crippen molar-refractivity contribution in [3.8, 4) is 5.88 Å². The Kier molecular flexibility index (Phi) is 5.65. The average molecular weight is 379 g/mol. The summed E-state index contributed by atoms with van der Waals surface area (Å²) in [7, 11) is 3.38. The van der Waals surface area contributed by atoms with Gasteiger partial charge in [-0.05, 0) is 26.0 Å². The Labute approximate surface area is 155 Å². The monoisotopic (exact) mass is 379 g/mol. The number of benzene rings is 1. The number of hydrogen-bond donors (Lipinski definition) is 0. The summed E-state index contributed by atoms with van der Waals surface area (Å²) in [4.78, 5) is 19.9. The summed E-state index contributed by atoms with van der Waals surface area (Å²) < 4.78 is 46.7. The van der Waals surface area contributed by atoms with Gasteiger partial charge in [0.05, 0.1) is 0 Å². The molecule has 0 spiro atoms. The lowest BCUT2D eigenvalue weighted by Gasteiger charge is -2.29. The number of amides is 1. The third kappa shape index (κ3) is 4.39. The van der Waals surface area contributed by atoms with Gasteiger partial charge in [-0.1, -0.05) is 6.07 Å². The Balaban J connectivity index is 1.77. The summed E-state index contributed by atoms with van der Waals surface area (Å²) in [5, 5.41) is 0. The molecule has 1 aliphatic heterocycles. The number of carbonyl (C=O) groups is 1. The Morgan fingerprint density at radius 3 is 2.44 bits per heavy atom. The van der Waals surface area contributed by atoms with Crippen LogP contribution in [0.3, 0.4) is 0 Å². The first-order valence-electron chi connectivity index (χ1n) is 8.60. The van der Waals surface area contributed by atoms with Crippen LogP contribution in [0.15, 0.2) is 30.3 Å². The van der Waals surface area contributed by atoms with E-state index in [0.29, 0.717) is 18.0 Å². The van der Waals surface area contributed by atoms with E-state index in [1.165, 1.54) is 13.1 Å². The molecule has 0 radical (unpaired) electrons. The number of ether oxygens (including phenoxy) is 1. The van der Waals surface area contributed by atoms with Gasteiger partial charge >= 0.3 is 0 Å². The molecule has 1 amide bonds. The van der Waals surface area contributed by atoms with E-state index in [0.717, 1.165) is 30.8 Å². The van der Waals surface area contributed by atoms with E-state index in [2.05, 4.69) is 9.88 Å². The van der Waals surface area contributed by atoms with Crippen molar-refractivity contribution in [1.29, 1.82) is 0 Å². The predicted octanol–water partition coefficient (Wildman–Crippen LogP) is 3.25. The third-order valence-electron chi connectivity index (χ3n) is 4.53. The van der Waals surface area contributed by atoms with E-state index in [4.69, 9.17) is 4.74 Å². The maximum absolute atomic E-state index is 13.9. The summed E-state index contributed by atoms with van der Waals surface area (Å²) in [5.74, 6) is -4.06. The summed E-state index contributed by atoms with van der Waals surface area (Å²) in [6.07, 6.45) is 1.75. The highest BCUT2D eigenvalue weighted by molar-refractivity contribution is 6.05. The summed E-state index contributed by atoms with van der Waals surface area (Å²) in [6, 6.07) is 5.78. The number of likely N-dealkylation sites (tertiary alicyclic amines) is 1. The maximum atomic E-state index is 13.9. The summed E-state index contributed by atoms with van der Waals surface area (Å²) >= 11 is 0. The van der Waals surface area contributed by atoms with Crippen molar-refractivity contribution in [2.75, 3.05) is 32.1 Å². The Bertz CT molecular complexity index is 816. The number of anilines is 1. The van der Waals surface area contributed by atoms with Crippen molar-refractivity contribution < 1.29 is 22.7 Å². The van der Waals surface area contributed by atoms with Crippen molar-refractivity contribution >= 4 is 11.7 Å². The highest BCUT2D eigenvalue weighted by Crippen LogP contribution is 2.22. The fourth-order valence-corrected chi connectivity index (χ4v) is 2.95. The van der Waals surface area contributed by atoms with Gasteiger partial charge in [0.25, 0.3) is 5.91 Å². The smallest absolute Gasteiger partial charge is 0.265 e. The predicted molar refractivity (Wildman–Crippen MR) is 94.4 cm³/mol. The second-order valence-corrected chi connectivity index (χ2v) is 6.56. The quantitative estimate of drug-likeness (QED) is 0.818. The molecule has 0 aliphatic carbocycles. The van der Waals surface area contributed by atoms with Gasteiger partial charge in [-0.3, -0.25) is 9.69 Å². The molecule has 3 rings (SSSR count). The molecule has 0 atom stereocenters. The van der Waals surface area contributed by atoms with Crippen molar-refractivity contribution in [1.82, 2.24) is 9.88 Å². The first kappa shape index (κ1) is 19.2. The first-order valence-corrected chi connectivity index (χ1v) is 8.60. The number of halogens is 3. The Morgan fingerprint density at radius 2 is 1.81 bits per heavy atom. The number of aromatic nitrogens is 1. The van der Waals surface area contributed by atoms with Crippen LogP contribution in [0.5, 0.6) is 5.88 Å². The first-order chi connectivity index (χ1) is 12.8. The van der Waals surface area contributed by atoms with E-state index in [1.807, 2.05) is 7.05 Å². The minimum absolute atomic E-state index is 0.0249. The molecule has 2 heterocycles. The van der Waals surface area contributed by atoms with Crippen molar-refractivity contribution in [3.63, 3.8) is 0 Å². The molecule has 0 saturated carbocycles. The SMILES string of the molecule is CN1CCC(Oc2cccc(N(C)C(=O)c3c(F)cc(F)cc3F)n2)CC1. The Hall–Kier alpha value is -2.61. The van der Waals surface area contributed by atoms with Crippen LogP contribution in [0.1, 0.15) is 23.2 Å². The van der Waals surface area contributed by atoms with Crippen LogP contribution >= 0.6 is 0 Å². The fourth-order valence-electron chi connectivity index (χ4n) is 2.95. The van der Waals surface area contributed by atoms with Gasteiger partial charge in [0, 0.05) is 38.3 Å². The van der Waals surface area contributed by atoms with Crippen LogP contribution in [0.4, 0.5) is 19.0 Å². The van der Waals surface area contributed by atoms with Crippen molar-refractivity contribution in [3.05, 3.63) is 53.3 Å². The number of rotatable bonds is 4. The zero-order chi connectivity index (χ0) is 19.6. The van der Waals surface area contributed by atoms with Gasteiger partial charge in [-0.15, -0.1) is 0 Å². The second kappa shape index (κ2) is 7.96. The van der Waals surface area contributed by atoms with Crippen LogP contribution in [0.2, 0.25) is 0 Å². The molecule has 1 saturated heterocycles. The van der Waals surface area contributed by atoms with E-state index in [1.54, 1.807) is 12.1 Å². The lowest BCUT2D eigenvalue weighted by molar-refractivity contribution is 0.0983. The average Bonchev–Trinajstić information content (AvgIpc) is 2.62. The normalized spacial score (nSPS) is 15.6. The number of pyridine rings is 1. The van der Waals surface area contributed by atoms with E-state index < -0.39 is 28.9 Å². The van der Waals surface area contributed by atoms with Gasteiger partial charge < -0.3 is 9.64 Å². The topological polar surface area (TPSA) is 45.7 Å². The molecule has 8 heteroatoms. The second-order valence-electron chi connectivity index (χ2n) is 6.56. The van der Waals surface area contributed by atoms with Crippen LogP contribution in [-0.2, 0) is 0 Å². The lowest BCUT2D eigenvalue weighted by atomic mass is 10.1. The zero-order valence-corrected chi connectivity index (χ0v) is 15.1. The van der Waals surface area contributed by atoms with Gasteiger partial charge in [-0.2, -0.15) is 4.98 Å². The van der Waals surface area contributed by atoms with E-state index in [-0.39, 0.29) is 11.9 Å². The molecule has 1 aliphatic rings. The van der Waals surface area contributed by atoms with Crippen molar-refractivity contribution in [2.24, 2.45) is 0 Å². The molecule has 2 aromatic rings. The molecule has 0 unspecified atom stereocenters. The summed E-state index contributed by atoms with van der Waals surface area (Å²) in [6.45, 7) is 1.84. The molecule has 1 aromatic heterocycles. The van der Waals surface area contributed by atoms with E-state index >= 15 is 0 Å². The molecule has 5 nitrogen and oxygen atoms in total. The van der Waals surface area contributed by atoms with Gasteiger partial charge in [0.1, 0.15) is 34.9 Å². The van der Waals surface area contributed by atoms with Gasteiger partial charge in [0.15, 0.2) is 0 Å². The minimum atomic E-state index is -1.26. The Morgan fingerprint density at radius 1 is 1.19 bits per heavy atom. The number of carbonyl (C=O) groups excluding carboxylic acids is 1. The highest BCUT2D eigenvalue weighted by atomic mass is 19.1. The van der Waals surface area contributed by atoms with E-state index in [9.17, 15) is 18.0 Å². The molecule has 1 fully saturated rings. The number of piperidine rings is 1. The number of nitrogens with zero attached hydrogens (tertiary/aromatic N) is 3. The van der Waals surface area contributed by atoms with Gasteiger partial charge in [0.2, 0.25) is 5.88 Å². The number of hydrogen-bond acceptors (Lipinski definition) is 4. The standard InChI is InChI=1S/C19H20F3N3O2/c1-24-8-6-13(7-9-24)27-17-5-3-4-16(23-17)25(2)19(26)18-14(21)10-12(20)11-15(18)22/h3-5,10-11,13H,6-9H2,1-2H3. The van der Waals surface area contributed by atoms with Crippen LogP contribution in [-0.4, -0.2) is 49.1 Å².